The lowest BCUT2D eigenvalue weighted by atomic mass is 9.95. The lowest BCUT2D eigenvalue weighted by Gasteiger charge is -2.22. The van der Waals surface area contributed by atoms with Crippen LogP contribution in [0.15, 0.2) is 24.3 Å². The zero-order chi connectivity index (χ0) is 19.5. The Balaban J connectivity index is 1.67. The molecule has 0 atom stereocenters. The molecule has 0 unspecified atom stereocenters. The highest BCUT2D eigenvalue weighted by Crippen LogP contribution is 2.39. The molecule has 1 fully saturated rings. The van der Waals surface area contributed by atoms with E-state index in [4.69, 9.17) is 0 Å². The van der Waals surface area contributed by atoms with Crippen LogP contribution in [-0.2, 0) is 12.8 Å². The lowest BCUT2D eigenvalue weighted by molar-refractivity contribution is 0.0762. The van der Waals surface area contributed by atoms with Crippen molar-refractivity contribution in [3.05, 3.63) is 51.4 Å². The average Bonchev–Trinajstić information content (AvgIpc) is 2.87. The molecule has 2 amide bonds. The summed E-state index contributed by atoms with van der Waals surface area (Å²) in [7, 11) is 0. The Morgan fingerprint density at radius 2 is 1.68 bits per heavy atom. The van der Waals surface area contributed by atoms with E-state index in [2.05, 4.69) is 5.32 Å². The molecule has 0 radical (unpaired) electrons. The van der Waals surface area contributed by atoms with E-state index in [1.807, 2.05) is 36.1 Å². The summed E-state index contributed by atoms with van der Waals surface area (Å²) in [4.78, 5) is 29.7. The van der Waals surface area contributed by atoms with E-state index in [0.29, 0.717) is 5.56 Å². The van der Waals surface area contributed by atoms with E-state index in [9.17, 15) is 9.59 Å². The van der Waals surface area contributed by atoms with Crippen LogP contribution in [0.5, 0.6) is 0 Å². The minimum atomic E-state index is -0.124. The molecule has 0 spiro atoms. The summed E-state index contributed by atoms with van der Waals surface area (Å²) < 4.78 is 0. The molecule has 1 aromatic carbocycles. The van der Waals surface area contributed by atoms with Crippen LogP contribution in [0.1, 0.15) is 75.2 Å². The zero-order valence-electron chi connectivity index (χ0n) is 16.6. The molecule has 5 heteroatoms. The van der Waals surface area contributed by atoms with Crippen LogP contribution >= 0.6 is 11.3 Å². The normalized spacial score (nSPS) is 17.0. The van der Waals surface area contributed by atoms with Crippen molar-refractivity contribution in [3.63, 3.8) is 0 Å². The van der Waals surface area contributed by atoms with Crippen LogP contribution in [0, 0.1) is 6.92 Å². The first-order valence-electron chi connectivity index (χ1n) is 10.5. The maximum absolute atomic E-state index is 13.5. The molecule has 1 saturated heterocycles. The maximum Gasteiger partial charge on any atom is 0.257 e. The van der Waals surface area contributed by atoms with Gasteiger partial charge in [-0.25, -0.2) is 0 Å². The Morgan fingerprint density at radius 1 is 0.964 bits per heavy atom. The minimum absolute atomic E-state index is 0.112. The minimum Gasteiger partial charge on any atom is -0.339 e. The van der Waals surface area contributed by atoms with Gasteiger partial charge in [-0.05, 0) is 62.6 Å². The van der Waals surface area contributed by atoms with E-state index >= 15 is 0 Å². The third kappa shape index (κ3) is 3.86. The number of thiophene rings is 1. The van der Waals surface area contributed by atoms with Gasteiger partial charge in [-0.3, -0.25) is 9.59 Å². The number of fused-ring (bicyclic) bond motifs is 1. The number of nitrogens with zero attached hydrogens (tertiary/aromatic N) is 1. The summed E-state index contributed by atoms with van der Waals surface area (Å²) in [5.41, 5.74) is 3.57. The Kier molecular flexibility index (Phi) is 5.81. The molecule has 148 valence electrons. The molecular weight excluding hydrogens is 368 g/mol. The van der Waals surface area contributed by atoms with Gasteiger partial charge in [0.25, 0.3) is 11.8 Å². The first-order valence-corrected chi connectivity index (χ1v) is 11.3. The number of rotatable bonds is 3. The molecule has 0 bridgehead atoms. The third-order valence-electron chi connectivity index (χ3n) is 5.90. The second-order valence-electron chi connectivity index (χ2n) is 7.89. The highest BCUT2D eigenvalue weighted by atomic mass is 32.1. The van der Waals surface area contributed by atoms with Crippen molar-refractivity contribution >= 4 is 28.2 Å². The summed E-state index contributed by atoms with van der Waals surface area (Å²) in [6.07, 6.45) is 8.78. The number of anilines is 1. The van der Waals surface area contributed by atoms with Crippen molar-refractivity contribution in [2.45, 2.75) is 58.3 Å². The second kappa shape index (κ2) is 8.48. The average molecular weight is 397 g/mol. The number of carbonyl (C=O) groups is 2. The van der Waals surface area contributed by atoms with Gasteiger partial charge in [0.2, 0.25) is 0 Å². The monoisotopic (exact) mass is 396 g/mol. The fourth-order valence-corrected chi connectivity index (χ4v) is 5.59. The standard InChI is InChI=1S/C23H28N2O2S/c1-16-10-4-5-11-17(16)21(26)24-22-20(18-12-6-7-13-19(18)28-22)23(27)25-14-8-2-3-9-15-25/h4-5,10-11H,2-3,6-9,12-15H2,1H3,(H,24,26). The molecule has 2 heterocycles. The van der Waals surface area contributed by atoms with Crippen molar-refractivity contribution in [3.8, 4) is 0 Å². The molecule has 28 heavy (non-hydrogen) atoms. The number of hydrogen-bond acceptors (Lipinski definition) is 3. The number of carbonyl (C=O) groups excluding carboxylic acids is 2. The lowest BCUT2D eigenvalue weighted by Crippen LogP contribution is -2.33. The Hall–Kier alpha value is -2.14. The van der Waals surface area contributed by atoms with Crippen LogP contribution in [0.3, 0.4) is 0 Å². The summed E-state index contributed by atoms with van der Waals surface area (Å²) in [6.45, 7) is 3.60. The maximum atomic E-state index is 13.5. The molecule has 1 aliphatic heterocycles. The van der Waals surface area contributed by atoms with Gasteiger partial charge in [0.15, 0.2) is 0 Å². The van der Waals surface area contributed by atoms with Gasteiger partial charge in [0.05, 0.1) is 5.56 Å². The summed E-state index contributed by atoms with van der Waals surface area (Å²) in [6, 6.07) is 7.60. The molecule has 2 aromatic rings. The van der Waals surface area contributed by atoms with Crippen molar-refractivity contribution in [2.75, 3.05) is 18.4 Å². The van der Waals surface area contributed by atoms with E-state index in [-0.39, 0.29) is 11.8 Å². The highest BCUT2D eigenvalue weighted by Gasteiger charge is 2.29. The van der Waals surface area contributed by atoms with Gasteiger partial charge >= 0.3 is 0 Å². The molecule has 4 rings (SSSR count). The second-order valence-corrected chi connectivity index (χ2v) is 9.00. The number of benzene rings is 1. The molecular formula is C23H28N2O2S. The quantitative estimate of drug-likeness (QED) is 0.775. The van der Waals surface area contributed by atoms with Gasteiger partial charge in [-0.1, -0.05) is 31.0 Å². The summed E-state index contributed by atoms with van der Waals surface area (Å²) >= 11 is 1.61. The number of aryl methyl sites for hydroxylation is 2. The van der Waals surface area contributed by atoms with Crippen LogP contribution < -0.4 is 5.32 Å². The Labute approximate surface area is 170 Å². The zero-order valence-corrected chi connectivity index (χ0v) is 17.4. The SMILES string of the molecule is Cc1ccccc1C(=O)Nc1sc2c(c1C(=O)N1CCCCCC1)CCCC2. The van der Waals surface area contributed by atoms with Gasteiger partial charge in [-0.15, -0.1) is 11.3 Å². The molecule has 0 saturated carbocycles. The van der Waals surface area contributed by atoms with Crippen LogP contribution in [0.2, 0.25) is 0 Å². The van der Waals surface area contributed by atoms with Gasteiger partial charge in [0, 0.05) is 23.5 Å². The highest BCUT2D eigenvalue weighted by molar-refractivity contribution is 7.17. The Bertz CT molecular complexity index is 879. The van der Waals surface area contributed by atoms with Gasteiger partial charge in [-0.2, -0.15) is 0 Å². The van der Waals surface area contributed by atoms with Crippen LogP contribution in [-0.4, -0.2) is 29.8 Å². The molecule has 2 aliphatic rings. The van der Waals surface area contributed by atoms with E-state index in [1.54, 1.807) is 11.3 Å². The van der Waals surface area contributed by atoms with Crippen LogP contribution in [0.25, 0.3) is 0 Å². The third-order valence-corrected chi connectivity index (χ3v) is 7.10. The fraction of sp³-hybridized carbons (Fsp3) is 0.478. The summed E-state index contributed by atoms with van der Waals surface area (Å²) in [5.74, 6) is -0.0111. The summed E-state index contributed by atoms with van der Waals surface area (Å²) in [5, 5.41) is 3.84. The van der Waals surface area contributed by atoms with Gasteiger partial charge < -0.3 is 10.2 Å². The van der Waals surface area contributed by atoms with E-state index in [0.717, 1.165) is 67.7 Å². The van der Waals surface area contributed by atoms with Crippen molar-refractivity contribution in [2.24, 2.45) is 0 Å². The number of nitrogens with one attached hydrogen (secondary N) is 1. The van der Waals surface area contributed by atoms with Crippen molar-refractivity contribution < 1.29 is 9.59 Å². The first-order chi connectivity index (χ1) is 13.6. The fourth-order valence-electron chi connectivity index (χ4n) is 4.31. The predicted molar refractivity (Wildman–Crippen MR) is 114 cm³/mol. The topological polar surface area (TPSA) is 49.4 Å². The Morgan fingerprint density at radius 3 is 2.43 bits per heavy atom. The molecule has 1 N–H and O–H groups in total. The predicted octanol–water partition coefficient (Wildman–Crippen LogP) is 5.20. The first kappa shape index (κ1) is 19.2. The molecule has 1 aliphatic carbocycles. The number of hydrogen-bond donors (Lipinski definition) is 1. The molecule has 1 aromatic heterocycles. The number of amides is 2. The van der Waals surface area contributed by atoms with Crippen LogP contribution in [0.4, 0.5) is 5.00 Å². The van der Waals surface area contributed by atoms with E-state index < -0.39 is 0 Å². The smallest absolute Gasteiger partial charge is 0.257 e. The van der Waals surface area contributed by atoms with Gasteiger partial charge in [0.1, 0.15) is 5.00 Å². The van der Waals surface area contributed by atoms with Crippen molar-refractivity contribution in [1.82, 2.24) is 4.90 Å². The number of likely N-dealkylation sites (tertiary alicyclic amines) is 1. The molecule has 4 nitrogen and oxygen atoms in total. The largest absolute Gasteiger partial charge is 0.339 e. The van der Waals surface area contributed by atoms with Crippen molar-refractivity contribution in [1.29, 1.82) is 0 Å². The van der Waals surface area contributed by atoms with E-state index in [1.165, 1.54) is 23.3 Å².